The number of methoxy groups -OCH3 is 2. The van der Waals surface area contributed by atoms with E-state index < -0.39 is 5.91 Å². The number of ether oxygens (including phenoxy) is 2. The van der Waals surface area contributed by atoms with E-state index in [9.17, 15) is 14.9 Å². The summed E-state index contributed by atoms with van der Waals surface area (Å²) < 4.78 is 10.3. The van der Waals surface area contributed by atoms with Gasteiger partial charge < -0.3 is 20.1 Å². The first kappa shape index (κ1) is 19.5. The predicted molar refractivity (Wildman–Crippen MR) is 102 cm³/mol. The second-order valence-corrected chi connectivity index (χ2v) is 5.48. The van der Waals surface area contributed by atoms with Crippen LogP contribution < -0.4 is 20.1 Å². The van der Waals surface area contributed by atoms with Gasteiger partial charge >= 0.3 is 0 Å². The smallest absolute Gasteiger partial charge is 0.267 e. The van der Waals surface area contributed by atoms with Crippen molar-refractivity contribution >= 4 is 23.1 Å². The second kappa shape index (κ2) is 9.06. The lowest BCUT2D eigenvalue weighted by molar-refractivity contribution is -0.112. The summed E-state index contributed by atoms with van der Waals surface area (Å²) in [5, 5.41) is 14.7. The molecule has 138 valence electrons. The molecule has 7 heteroatoms. The second-order valence-electron chi connectivity index (χ2n) is 5.48. The first-order valence-electron chi connectivity index (χ1n) is 7.99. The number of hydrogen-bond donors (Lipinski definition) is 2. The Hall–Kier alpha value is -3.79. The minimum absolute atomic E-state index is 0.0747. The Morgan fingerprint density at radius 3 is 2.41 bits per heavy atom. The molecule has 2 rings (SSSR count). The highest BCUT2D eigenvalue weighted by atomic mass is 16.5. The molecule has 1 amide bonds. The van der Waals surface area contributed by atoms with Gasteiger partial charge in [-0.2, -0.15) is 5.26 Å². The van der Waals surface area contributed by atoms with Crippen molar-refractivity contribution in [2.24, 2.45) is 0 Å². The van der Waals surface area contributed by atoms with Crippen LogP contribution in [0.25, 0.3) is 0 Å². The lowest BCUT2D eigenvalue weighted by Gasteiger charge is -2.10. The molecule has 0 heterocycles. The molecule has 0 radical (unpaired) electrons. The molecule has 0 atom stereocenters. The van der Waals surface area contributed by atoms with Crippen molar-refractivity contribution in [1.82, 2.24) is 0 Å². The van der Waals surface area contributed by atoms with Crippen LogP contribution in [0.1, 0.15) is 17.3 Å². The van der Waals surface area contributed by atoms with E-state index >= 15 is 0 Å². The third kappa shape index (κ3) is 5.09. The minimum atomic E-state index is -0.583. The fourth-order valence-corrected chi connectivity index (χ4v) is 2.24. The van der Waals surface area contributed by atoms with E-state index in [0.717, 1.165) is 0 Å². The SMILES string of the molecule is COc1ccc(NC(=O)/C(C#N)=C\Nc2cccc(C(C)=O)c2)cc1OC. The Balaban J connectivity index is 2.14. The van der Waals surface area contributed by atoms with E-state index in [2.05, 4.69) is 10.6 Å². The molecule has 0 saturated heterocycles. The number of nitrogens with one attached hydrogen (secondary N) is 2. The zero-order chi connectivity index (χ0) is 19.8. The number of Topliss-reactive ketones (excluding diaryl/α,β-unsaturated/α-hetero) is 1. The van der Waals surface area contributed by atoms with Crippen LogP contribution in [0.15, 0.2) is 54.2 Å². The molecular weight excluding hydrogens is 346 g/mol. The first-order chi connectivity index (χ1) is 13.0. The zero-order valence-electron chi connectivity index (χ0n) is 15.2. The summed E-state index contributed by atoms with van der Waals surface area (Å²) in [7, 11) is 3.00. The first-order valence-corrected chi connectivity index (χ1v) is 7.99. The topological polar surface area (TPSA) is 100 Å². The van der Waals surface area contributed by atoms with Crippen molar-refractivity contribution in [3.8, 4) is 17.6 Å². The molecule has 0 spiro atoms. The molecular formula is C20H19N3O4. The standard InChI is InChI=1S/C20H19N3O4/c1-13(24)14-5-4-6-16(9-14)22-12-15(11-21)20(25)23-17-7-8-18(26-2)19(10-17)27-3/h4-10,12,22H,1-3H3,(H,23,25)/b15-12-. The lowest BCUT2D eigenvalue weighted by Crippen LogP contribution is -2.14. The number of nitrogens with zero attached hydrogens (tertiary/aromatic N) is 1. The van der Waals surface area contributed by atoms with Gasteiger partial charge in [0.2, 0.25) is 0 Å². The molecule has 0 bridgehead atoms. The van der Waals surface area contributed by atoms with Gasteiger partial charge in [-0.15, -0.1) is 0 Å². The Labute approximate surface area is 157 Å². The van der Waals surface area contributed by atoms with E-state index in [1.807, 2.05) is 6.07 Å². The van der Waals surface area contributed by atoms with Gasteiger partial charge in [0.1, 0.15) is 11.6 Å². The highest BCUT2D eigenvalue weighted by Crippen LogP contribution is 2.29. The molecule has 7 nitrogen and oxygen atoms in total. The molecule has 0 saturated carbocycles. The molecule has 0 aliphatic carbocycles. The molecule has 0 fully saturated rings. The predicted octanol–water partition coefficient (Wildman–Crippen LogP) is 3.36. The maximum Gasteiger partial charge on any atom is 0.267 e. The molecule has 0 aliphatic heterocycles. The van der Waals surface area contributed by atoms with Gasteiger partial charge in [0.25, 0.3) is 5.91 Å². The van der Waals surface area contributed by atoms with E-state index in [0.29, 0.717) is 28.4 Å². The summed E-state index contributed by atoms with van der Waals surface area (Å²) in [6, 6.07) is 13.5. The van der Waals surface area contributed by atoms with E-state index in [-0.39, 0.29) is 11.4 Å². The minimum Gasteiger partial charge on any atom is -0.493 e. The number of anilines is 2. The van der Waals surface area contributed by atoms with Crippen molar-refractivity contribution in [3.05, 3.63) is 59.8 Å². The molecule has 0 aromatic heterocycles. The number of benzene rings is 2. The van der Waals surface area contributed by atoms with Gasteiger partial charge in [-0.1, -0.05) is 12.1 Å². The number of hydrogen-bond acceptors (Lipinski definition) is 6. The highest BCUT2D eigenvalue weighted by Gasteiger charge is 2.11. The third-order valence-electron chi connectivity index (χ3n) is 3.66. The van der Waals surface area contributed by atoms with Crippen molar-refractivity contribution in [3.63, 3.8) is 0 Å². The van der Waals surface area contributed by atoms with Crippen LogP contribution in [0.3, 0.4) is 0 Å². The van der Waals surface area contributed by atoms with Crippen LogP contribution in [-0.2, 0) is 4.79 Å². The molecule has 2 N–H and O–H groups in total. The third-order valence-corrected chi connectivity index (χ3v) is 3.66. The van der Waals surface area contributed by atoms with Crippen LogP contribution in [0.2, 0.25) is 0 Å². The number of carbonyl (C=O) groups is 2. The van der Waals surface area contributed by atoms with E-state index in [1.165, 1.54) is 27.3 Å². The quantitative estimate of drug-likeness (QED) is 0.443. The normalized spacial score (nSPS) is 10.5. The molecule has 2 aromatic rings. The molecule has 2 aromatic carbocycles. The van der Waals surface area contributed by atoms with Crippen molar-refractivity contribution in [2.75, 3.05) is 24.9 Å². The maximum absolute atomic E-state index is 12.3. The molecule has 27 heavy (non-hydrogen) atoms. The fourth-order valence-electron chi connectivity index (χ4n) is 2.24. The van der Waals surface area contributed by atoms with Crippen LogP contribution in [0, 0.1) is 11.3 Å². The zero-order valence-corrected chi connectivity index (χ0v) is 15.2. The van der Waals surface area contributed by atoms with E-state index in [1.54, 1.807) is 42.5 Å². The lowest BCUT2D eigenvalue weighted by atomic mass is 10.1. The fraction of sp³-hybridized carbons (Fsp3) is 0.150. The Morgan fingerprint density at radius 1 is 1.04 bits per heavy atom. The van der Waals surface area contributed by atoms with Crippen molar-refractivity contribution in [1.29, 1.82) is 5.26 Å². The van der Waals surface area contributed by atoms with Crippen LogP contribution >= 0.6 is 0 Å². The largest absolute Gasteiger partial charge is 0.493 e. The van der Waals surface area contributed by atoms with Crippen molar-refractivity contribution < 1.29 is 19.1 Å². The number of ketones is 1. The molecule has 0 unspecified atom stereocenters. The van der Waals surface area contributed by atoms with Gasteiger partial charge in [0.05, 0.1) is 14.2 Å². The summed E-state index contributed by atoms with van der Waals surface area (Å²) >= 11 is 0. The highest BCUT2D eigenvalue weighted by molar-refractivity contribution is 6.06. The van der Waals surface area contributed by atoms with E-state index in [4.69, 9.17) is 9.47 Å². The van der Waals surface area contributed by atoms with Gasteiger partial charge in [-0.25, -0.2) is 0 Å². The summed E-state index contributed by atoms with van der Waals surface area (Å²) in [6.45, 7) is 1.46. The van der Waals surface area contributed by atoms with Crippen LogP contribution in [0.5, 0.6) is 11.5 Å². The monoisotopic (exact) mass is 365 g/mol. The Kier molecular flexibility index (Phi) is 6.55. The van der Waals surface area contributed by atoms with Crippen LogP contribution in [0.4, 0.5) is 11.4 Å². The average molecular weight is 365 g/mol. The molecule has 0 aliphatic rings. The number of carbonyl (C=O) groups excluding carboxylic acids is 2. The van der Waals surface area contributed by atoms with Gasteiger partial charge in [0, 0.05) is 29.2 Å². The van der Waals surface area contributed by atoms with Gasteiger partial charge in [-0.3, -0.25) is 9.59 Å². The summed E-state index contributed by atoms with van der Waals surface area (Å²) in [5.74, 6) is 0.324. The number of nitriles is 1. The summed E-state index contributed by atoms with van der Waals surface area (Å²) in [5.41, 5.74) is 1.45. The number of rotatable bonds is 7. The van der Waals surface area contributed by atoms with Crippen LogP contribution in [-0.4, -0.2) is 25.9 Å². The Bertz CT molecular complexity index is 929. The van der Waals surface area contributed by atoms with Gasteiger partial charge in [-0.05, 0) is 31.2 Å². The Morgan fingerprint density at radius 2 is 1.78 bits per heavy atom. The maximum atomic E-state index is 12.3. The number of amides is 1. The summed E-state index contributed by atoms with van der Waals surface area (Å²) in [6.07, 6.45) is 1.29. The summed E-state index contributed by atoms with van der Waals surface area (Å²) in [4.78, 5) is 23.7. The van der Waals surface area contributed by atoms with Gasteiger partial charge in [0.15, 0.2) is 17.3 Å². The average Bonchev–Trinajstić information content (AvgIpc) is 2.68. The van der Waals surface area contributed by atoms with Crippen molar-refractivity contribution in [2.45, 2.75) is 6.92 Å².